The highest BCUT2D eigenvalue weighted by molar-refractivity contribution is 5.86. The zero-order chi connectivity index (χ0) is 11.5. The number of hydrogen-bond acceptors (Lipinski definition) is 3. The molecule has 0 atom stereocenters. The van der Waals surface area contributed by atoms with Crippen molar-refractivity contribution in [2.75, 3.05) is 11.9 Å². The van der Waals surface area contributed by atoms with Gasteiger partial charge in [0.05, 0.1) is 11.0 Å². The number of nitrogens with one attached hydrogen (secondary N) is 1. The molecule has 0 aliphatic carbocycles. The fourth-order valence-corrected chi connectivity index (χ4v) is 1.68. The van der Waals surface area contributed by atoms with E-state index in [1.165, 1.54) is 0 Å². The topological polar surface area (TPSA) is 46.9 Å². The summed E-state index contributed by atoms with van der Waals surface area (Å²) in [6.07, 6.45) is 1.91. The van der Waals surface area contributed by atoms with Crippen LogP contribution < -0.4 is 5.32 Å². The molecule has 0 unspecified atom stereocenters. The maximum Gasteiger partial charge on any atom is 0.203 e. The normalized spacial score (nSPS) is 10.6. The summed E-state index contributed by atoms with van der Waals surface area (Å²) >= 11 is 0. The number of fused-ring (bicyclic) bond motifs is 1. The Kier molecular flexibility index (Phi) is 2.90. The number of carbonyl (C=O) groups excluding carboxylic acids is 1. The highest BCUT2D eigenvalue weighted by Crippen LogP contribution is 2.18. The van der Waals surface area contributed by atoms with E-state index in [0.717, 1.165) is 36.2 Å². The molecule has 0 aliphatic heterocycles. The second kappa shape index (κ2) is 4.35. The molecule has 1 N–H and O–H groups in total. The summed E-state index contributed by atoms with van der Waals surface area (Å²) in [7, 11) is 1.95. The largest absolute Gasteiger partial charge is 0.356 e. The van der Waals surface area contributed by atoms with Gasteiger partial charge in [0, 0.05) is 19.2 Å². The first-order valence-corrected chi connectivity index (χ1v) is 5.41. The minimum absolute atomic E-state index is 0.678. The molecule has 0 saturated heterocycles. The van der Waals surface area contributed by atoms with Crippen molar-refractivity contribution in [3.63, 3.8) is 0 Å². The lowest BCUT2D eigenvalue weighted by atomic mass is 10.2. The number of aldehydes is 1. The summed E-state index contributed by atoms with van der Waals surface area (Å²) in [5, 5.41) is 3.25. The summed E-state index contributed by atoms with van der Waals surface area (Å²) in [4.78, 5) is 15.2. The van der Waals surface area contributed by atoms with Crippen molar-refractivity contribution >= 4 is 23.3 Å². The number of aryl methyl sites for hydroxylation is 1. The number of anilines is 1. The molecule has 1 aromatic carbocycles. The van der Waals surface area contributed by atoms with E-state index in [-0.39, 0.29) is 0 Å². The zero-order valence-corrected chi connectivity index (χ0v) is 9.53. The summed E-state index contributed by atoms with van der Waals surface area (Å²) < 4.78 is 1.97. The van der Waals surface area contributed by atoms with E-state index < -0.39 is 0 Å². The number of benzene rings is 1. The molecule has 0 fully saturated rings. The molecule has 0 radical (unpaired) electrons. The molecule has 0 bridgehead atoms. The number of carbonyl (C=O) groups is 1. The van der Waals surface area contributed by atoms with Crippen molar-refractivity contribution in [3.05, 3.63) is 23.8 Å². The first-order valence-electron chi connectivity index (χ1n) is 5.41. The highest BCUT2D eigenvalue weighted by atomic mass is 16.1. The van der Waals surface area contributed by atoms with E-state index in [2.05, 4.69) is 17.2 Å². The van der Waals surface area contributed by atoms with E-state index in [0.29, 0.717) is 5.56 Å². The molecule has 0 amide bonds. The molecule has 0 aliphatic rings. The van der Waals surface area contributed by atoms with Crippen molar-refractivity contribution < 1.29 is 4.79 Å². The Morgan fingerprint density at radius 1 is 1.50 bits per heavy atom. The first-order chi connectivity index (χ1) is 7.76. The van der Waals surface area contributed by atoms with Crippen LogP contribution >= 0.6 is 0 Å². The molecule has 16 heavy (non-hydrogen) atoms. The van der Waals surface area contributed by atoms with Gasteiger partial charge >= 0.3 is 0 Å². The minimum Gasteiger partial charge on any atom is -0.356 e. The number of hydrogen-bond donors (Lipinski definition) is 1. The van der Waals surface area contributed by atoms with Gasteiger partial charge in [0.25, 0.3) is 0 Å². The van der Waals surface area contributed by atoms with Gasteiger partial charge in [0.2, 0.25) is 5.95 Å². The molecule has 84 valence electrons. The standard InChI is InChI=1S/C12H15N3O/c1-3-6-13-12-14-10-5-4-9(8-16)7-11(10)15(12)2/h4-5,7-8H,3,6H2,1-2H3,(H,13,14). The quantitative estimate of drug-likeness (QED) is 0.799. The molecule has 4 nitrogen and oxygen atoms in total. The van der Waals surface area contributed by atoms with Crippen molar-refractivity contribution in [2.45, 2.75) is 13.3 Å². The van der Waals surface area contributed by atoms with Crippen LogP contribution in [-0.2, 0) is 7.05 Å². The van der Waals surface area contributed by atoms with Crippen LogP contribution in [-0.4, -0.2) is 22.4 Å². The van der Waals surface area contributed by atoms with Gasteiger partial charge in [-0.25, -0.2) is 4.98 Å². The van der Waals surface area contributed by atoms with Gasteiger partial charge in [-0.05, 0) is 24.6 Å². The zero-order valence-electron chi connectivity index (χ0n) is 9.53. The Morgan fingerprint density at radius 2 is 2.31 bits per heavy atom. The average molecular weight is 217 g/mol. The maximum atomic E-state index is 10.7. The lowest BCUT2D eigenvalue weighted by molar-refractivity contribution is 0.112. The SMILES string of the molecule is CCCNc1nc2ccc(C=O)cc2n1C. The average Bonchev–Trinajstić information content (AvgIpc) is 2.63. The third kappa shape index (κ3) is 1.78. The summed E-state index contributed by atoms with van der Waals surface area (Å²) in [6.45, 7) is 3.01. The molecule has 1 heterocycles. The van der Waals surface area contributed by atoms with Crippen LogP contribution in [0.4, 0.5) is 5.95 Å². The van der Waals surface area contributed by atoms with E-state index in [1.807, 2.05) is 23.7 Å². The highest BCUT2D eigenvalue weighted by Gasteiger charge is 2.07. The minimum atomic E-state index is 0.678. The first kappa shape index (κ1) is 10.7. The number of aromatic nitrogens is 2. The Labute approximate surface area is 94.3 Å². The van der Waals surface area contributed by atoms with Crippen LogP contribution in [0.3, 0.4) is 0 Å². The van der Waals surface area contributed by atoms with Crippen LogP contribution in [0, 0.1) is 0 Å². The fraction of sp³-hybridized carbons (Fsp3) is 0.333. The summed E-state index contributed by atoms with van der Waals surface area (Å²) in [5.74, 6) is 0.847. The van der Waals surface area contributed by atoms with E-state index in [1.54, 1.807) is 6.07 Å². The fourth-order valence-electron chi connectivity index (χ4n) is 1.68. The van der Waals surface area contributed by atoms with E-state index in [4.69, 9.17) is 0 Å². The number of imidazole rings is 1. The molecule has 0 saturated carbocycles. The van der Waals surface area contributed by atoms with Crippen LogP contribution in [0.15, 0.2) is 18.2 Å². The molecular formula is C12H15N3O. The van der Waals surface area contributed by atoms with Gasteiger partial charge in [0.1, 0.15) is 6.29 Å². The summed E-state index contributed by atoms with van der Waals surface area (Å²) in [6, 6.07) is 5.51. The van der Waals surface area contributed by atoms with E-state index in [9.17, 15) is 4.79 Å². The number of nitrogens with zero attached hydrogens (tertiary/aromatic N) is 2. The van der Waals surface area contributed by atoms with Gasteiger partial charge in [-0.3, -0.25) is 4.79 Å². The lowest BCUT2D eigenvalue weighted by Crippen LogP contribution is -2.05. The molecule has 2 rings (SSSR count). The molecule has 0 spiro atoms. The maximum absolute atomic E-state index is 10.7. The Balaban J connectivity index is 2.46. The second-order valence-electron chi connectivity index (χ2n) is 3.79. The van der Waals surface area contributed by atoms with Crippen LogP contribution in [0.2, 0.25) is 0 Å². The van der Waals surface area contributed by atoms with Crippen LogP contribution in [0.25, 0.3) is 11.0 Å². The molecule has 2 aromatic rings. The molecule has 1 aromatic heterocycles. The van der Waals surface area contributed by atoms with Gasteiger partial charge in [-0.2, -0.15) is 0 Å². The van der Waals surface area contributed by atoms with Crippen LogP contribution in [0.5, 0.6) is 0 Å². The predicted octanol–water partition coefficient (Wildman–Crippen LogP) is 2.21. The summed E-state index contributed by atoms with van der Waals surface area (Å²) in [5.41, 5.74) is 2.56. The van der Waals surface area contributed by atoms with Gasteiger partial charge in [-0.1, -0.05) is 6.92 Å². The third-order valence-corrected chi connectivity index (χ3v) is 2.57. The Morgan fingerprint density at radius 3 is 3.00 bits per heavy atom. The monoisotopic (exact) mass is 217 g/mol. The van der Waals surface area contributed by atoms with Gasteiger partial charge in [-0.15, -0.1) is 0 Å². The van der Waals surface area contributed by atoms with Crippen molar-refractivity contribution in [3.8, 4) is 0 Å². The number of rotatable bonds is 4. The Hall–Kier alpha value is -1.84. The molecular weight excluding hydrogens is 202 g/mol. The van der Waals surface area contributed by atoms with Gasteiger partial charge in [0.15, 0.2) is 0 Å². The van der Waals surface area contributed by atoms with Crippen molar-refractivity contribution in [1.29, 1.82) is 0 Å². The molecule has 4 heteroatoms. The second-order valence-corrected chi connectivity index (χ2v) is 3.79. The third-order valence-electron chi connectivity index (χ3n) is 2.57. The smallest absolute Gasteiger partial charge is 0.203 e. The Bertz CT molecular complexity index is 516. The van der Waals surface area contributed by atoms with Crippen molar-refractivity contribution in [1.82, 2.24) is 9.55 Å². The van der Waals surface area contributed by atoms with E-state index >= 15 is 0 Å². The lowest BCUT2D eigenvalue weighted by Gasteiger charge is -2.03. The predicted molar refractivity (Wildman–Crippen MR) is 64.9 cm³/mol. The van der Waals surface area contributed by atoms with Crippen LogP contribution in [0.1, 0.15) is 23.7 Å². The van der Waals surface area contributed by atoms with Gasteiger partial charge < -0.3 is 9.88 Å². The van der Waals surface area contributed by atoms with Crippen molar-refractivity contribution in [2.24, 2.45) is 7.05 Å².